The second kappa shape index (κ2) is 8.26. The Kier molecular flexibility index (Phi) is 6.51. The molecule has 0 saturated carbocycles. The Morgan fingerprint density at radius 1 is 1.23 bits per heavy atom. The van der Waals surface area contributed by atoms with Gasteiger partial charge in [0.25, 0.3) is 0 Å². The zero-order chi connectivity index (χ0) is 19.4. The summed E-state index contributed by atoms with van der Waals surface area (Å²) in [6.07, 6.45) is 0.557. The lowest BCUT2D eigenvalue weighted by Crippen LogP contribution is -2.51. The third kappa shape index (κ3) is 5.10. The van der Waals surface area contributed by atoms with Gasteiger partial charge in [0, 0.05) is 32.7 Å². The monoisotopic (exact) mass is 392 g/mol. The minimum atomic E-state index is -5.25. The van der Waals surface area contributed by atoms with E-state index in [0.29, 0.717) is 16.8 Å². The molecule has 1 aliphatic heterocycles. The maximum Gasteiger partial charge on any atom is 0.511 e. The average Bonchev–Trinajstić information content (AvgIpc) is 2.59. The lowest BCUT2D eigenvalue weighted by molar-refractivity contribution is -0.0494. The zero-order valence-electron chi connectivity index (χ0n) is 14.7. The molecule has 1 aromatic carbocycles. The molecule has 0 radical (unpaired) electrons. The maximum atomic E-state index is 12.6. The van der Waals surface area contributed by atoms with Gasteiger partial charge >= 0.3 is 15.5 Å². The quantitative estimate of drug-likeness (QED) is 0.607. The van der Waals surface area contributed by atoms with Gasteiger partial charge in [-0.2, -0.15) is 17.5 Å². The van der Waals surface area contributed by atoms with Crippen molar-refractivity contribution in [1.82, 2.24) is 14.9 Å². The second-order valence-corrected chi connectivity index (χ2v) is 8.11. The number of piperidine rings is 1. The number of halogens is 3. The molecule has 2 N–H and O–H groups in total. The van der Waals surface area contributed by atoms with Crippen molar-refractivity contribution >= 4 is 16.0 Å². The smallest absolute Gasteiger partial charge is 0.354 e. The highest BCUT2D eigenvalue weighted by atomic mass is 32.2. The normalized spacial score (nSPS) is 18.0. The van der Waals surface area contributed by atoms with E-state index in [1.54, 1.807) is 7.05 Å². The number of benzene rings is 1. The van der Waals surface area contributed by atoms with Crippen LogP contribution in [0.5, 0.6) is 0 Å². The minimum absolute atomic E-state index is 0.140. The molecule has 1 aliphatic rings. The van der Waals surface area contributed by atoms with Gasteiger partial charge in [-0.15, -0.1) is 0 Å². The van der Waals surface area contributed by atoms with Crippen molar-refractivity contribution in [2.75, 3.05) is 20.1 Å². The summed E-state index contributed by atoms with van der Waals surface area (Å²) in [5.41, 5.74) is -3.01. The first-order valence-corrected chi connectivity index (χ1v) is 9.66. The van der Waals surface area contributed by atoms with Crippen LogP contribution >= 0.6 is 0 Å². The van der Waals surface area contributed by atoms with Gasteiger partial charge in [0.05, 0.1) is 0 Å². The van der Waals surface area contributed by atoms with Gasteiger partial charge in [0.15, 0.2) is 5.96 Å². The molecule has 1 saturated heterocycles. The summed E-state index contributed by atoms with van der Waals surface area (Å²) in [6, 6.07) is 7.86. The van der Waals surface area contributed by atoms with E-state index in [1.165, 1.54) is 0 Å². The largest absolute Gasteiger partial charge is 0.511 e. The van der Waals surface area contributed by atoms with Crippen LogP contribution in [-0.4, -0.2) is 50.4 Å². The van der Waals surface area contributed by atoms with E-state index in [-0.39, 0.29) is 32.0 Å². The molecular formula is C16H23F3N4O2S. The molecule has 0 aromatic heterocycles. The number of alkyl halides is 3. The average molecular weight is 392 g/mol. The Morgan fingerprint density at radius 3 is 2.31 bits per heavy atom. The number of nitrogens with zero attached hydrogens (tertiary/aromatic N) is 2. The Hall–Kier alpha value is -1.81. The molecule has 26 heavy (non-hydrogen) atoms. The number of sulfonamides is 1. The Bertz CT molecular complexity index is 725. The summed E-state index contributed by atoms with van der Waals surface area (Å²) in [4.78, 5) is 4.10. The topological polar surface area (TPSA) is 73.8 Å². The van der Waals surface area contributed by atoms with Gasteiger partial charge in [-0.3, -0.25) is 4.99 Å². The van der Waals surface area contributed by atoms with E-state index in [0.717, 1.165) is 11.1 Å². The number of nitrogens with one attached hydrogen (secondary N) is 2. The van der Waals surface area contributed by atoms with E-state index in [4.69, 9.17) is 0 Å². The second-order valence-electron chi connectivity index (χ2n) is 6.18. The first kappa shape index (κ1) is 20.5. The SMILES string of the molecule is CN=C(NCc1ccc(C)cc1)NC1CCN(S(=O)(=O)C(F)(F)F)CC1. The number of guanidine groups is 1. The third-order valence-corrected chi connectivity index (χ3v) is 5.86. The molecule has 0 atom stereocenters. The van der Waals surface area contributed by atoms with Crippen LogP contribution in [0, 0.1) is 6.92 Å². The highest BCUT2D eigenvalue weighted by molar-refractivity contribution is 7.90. The summed E-state index contributed by atoms with van der Waals surface area (Å²) in [5.74, 6) is 0.530. The molecule has 1 fully saturated rings. The fraction of sp³-hybridized carbons (Fsp3) is 0.562. The summed E-state index contributed by atoms with van der Waals surface area (Å²) in [6.45, 7) is 2.22. The van der Waals surface area contributed by atoms with Gasteiger partial charge in [-0.25, -0.2) is 8.42 Å². The van der Waals surface area contributed by atoms with Crippen LogP contribution in [0.25, 0.3) is 0 Å². The standard InChI is InChI=1S/C16H23F3N4O2S/c1-12-3-5-13(6-4-12)11-21-15(20-2)22-14-7-9-23(10-8-14)26(24,25)16(17,18)19/h3-6,14H,7-11H2,1-2H3,(H2,20,21,22). The van der Waals surface area contributed by atoms with Crippen LogP contribution in [0.1, 0.15) is 24.0 Å². The van der Waals surface area contributed by atoms with Crippen molar-refractivity contribution in [1.29, 1.82) is 0 Å². The van der Waals surface area contributed by atoms with Crippen LogP contribution in [0.15, 0.2) is 29.3 Å². The third-order valence-electron chi connectivity index (χ3n) is 4.23. The van der Waals surface area contributed by atoms with Crippen molar-refractivity contribution in [3.05, 3.63) is 35.4 Å². The fourth-order valence-electron chi connectivity index (χ4n) is 2.67. The molecule has 0 spiro atoms. The van der Waals surface area contributed by atoms with E-state index in [2.05, 4.69) is 15.6 Å². The molecule has 2 rings (SSSR count). The van der Waals surface area contributed by atoms with Crippen molar-refractivity contribution in [2.24, 2.45) is 4.99 Å². The predicted octanol–water partition coefficient (Wildman–Crippen LogP) is 1.97. The Morgan fingerprint density at radius 2 is 1.81 bits per heavy atom. The Balaban J connectivity index is 1.84. The van der Waals surface area contributed by atoms with Crippen molar-refractivity contribution in [3.8, 4) is 0 Å². The molecular weight excluding hydrogens is 369 g/mol. The molecule has 1 aromatic rings. The maximum absolute atomic E-state index is 12.6. The molecule has 146 valence electrons. The number of hydrogen-bond donors (Lipinski definition) is 2. The molecule has 0 bridgehead atoms. The minimum Gasteiger partial charge on any atom is -0.354 e. The molecule has 0 unspecified atom stereocenters. The number of rotatable bonds is 4. The van der Waals surface area contributed by atoms with Gasteiger partial charge in [0.1, 0.15) is 0 Å². The van der Waals surface area contributed by atoms with Crippen LogP contribution in [-0.2, 0) is 16.6 Å². The van der Waals surface area contributed by atoms with Crippen LogP contribution < -0.4 is 10.6 Å². The molecule has 1 heterocycles. The van der Waals surface area contributed by atoms with E-state index >= 15 is 0 Å². The highest BCUT2D eigenvalue weighted by Crippen LogP contribution is 2.28. The lowest BCUT2D eigenvalue weighted by Gasteiger charge is -2.32. The van der Waals surface area contributed by atoms with Gasteiger partial charge < -0.3 is 10.6 Å². The van der Waals surface area contributed by atoms with Crippen LogP contribution in [0.4, 0.5) is 13.2 Å². The molecule has 6 nitrogen and oxygen atoms in total. The van der Waals surface area contributed by atoms with Crippen LogP contribution in [0.2, 0.25) is 0 Å². The highest BCUT2D eigenvalue weighted by Gasteiger charge is 2.50. The fourth-order valence-corrected chi connectivity index (χ4v) is 3.65. The van der Waals surface area contributed by atoms with E-state index in [9.17, 15) is 21.6 Å². The Labute approximate surface area is 151 Å². The number of aryl methyl sites for hydroxylation is 1. The molecule has 0 aliphatic carbocycles. The van der Waals surface area contributed by atoms with Crippen molar-refractivity contribution in [3.63, 3.8) is 0 Å². The van der Waals surface area contributed by atoms with Crippen molar-refractivity contribution < 1.29 is 21.6 Å². The first-order valence-electron chi connectivity index (χ1n) is 8.22. The summed E-state index contributed by atoms with van der Waals surface area (Å²) < 4.78 is 61.1. The molecule has 0 amide bonds. The lowest BCUT2D eigenvalue weighted by atomic mass is 10.1. The van der Waals surface area contributed by atoms with Gasteiger partial charge in [-0.05, 0) is 25.3 Å². The molecule has 10 heteroatoms. The summed E-state index contributed by atoms with van der Waals surface area (Å²) in [5, 5.41) is 6.28. The number of aliphatic imine (C=N–C) groups is 1. The van der Waals surface area contributed by atoms with Crippen LogP contribution in [0.3, 0.4) is 0 Å². The van der Waals surface area contributed by atoms with Crippen molar-refractivity contribution in [2.45, 2.75) is 37.9 Å². The number of hydrogen-bond acceptors (Lipinski definition) is 3. The summed E-state index contributed by atoms with van der Waals surface area (Å²) >= 11 is 0. The van der Waals surface area contributed by atoms with E-state index < -0.39 is 15.5 Å². The van der Waals surface area contributed by atoms with Gasteiger partial charge in [-0.1, -0.05) is 29.8 Å². The zero-order valence-corrected chi connectivity index (χ0v) is 15.5. The van der Waals surface area contributed by atoms with E-state index in [1.807, 2.05) is 31.2 Å². The predicted molar refractivity (Wildman–Crippen MR) is 94.1 cm³/mol. The summed E-state index contributed by atoms with van der Waals surface area (Å²) in [7, 11) is -3.64. The van der Waals surface area contributed by atoms with Gasteiger partial charge in [0.2, 0.25) is 0 Å². The first-order chi connectivity index (χ1) is 12.1.